The van der Waals surface area contributed by atoms with Gasteiger partial charge in [-0.1, -0.05) is 42.5 Å². The monoisotopic (exact) mass is 440 g/mol. The normalized spacial score (nSPS) is 11.2. The number of nitrogens with two attached hydrogens (primary N) is 1. The zero-order chi connectivity index (χ0) is 23.2. The van der Waals surface area contributed by atoms with Crippen molar-refractivity contribution in [2.45, 2.75) is 13.5 Å². The second-order valence-electron chi connectivity index (χ2n) is 7.46. The average molecular weight is 441 g/mol. The Morgan fingerprint density at radius 2 is 1.82 bits per heavy atom. The molecule has 3 aromatic carbocycles. The second kappa shape index (κ2) is 9.69. The third-order valence-electron chi connectivity index (χ3n) is 4.99. The minimum atomic E-state index is -0.241. The fraction of sp³-hybridized carbons (Fsp3) is 0.0800. The maximum absolute atomic E-state index is 12.7. The van der Waals surface area contributed by atoms with Crippen LogP contribution >= 0.6 is 0 Å². The molecular formula is C25H24N6O2. The summed E-state index contributed by atoms with van der Waals surface area (Å²) >= 11 is 0. The number of hydrogen-bond donors (Lipinski definition) is 5. The minimum Gasteiger partial charge on any atom is -0.489 e. The van der Waals surface area contributed by atoms with Gasteiger partial charge in [0, 0.05) is 16.6 Å². The van der Waals surface area contributed by atoms with Gasteiger partial charge in [-0.2, -0.15) is 5.10 Å². The summed E-state index contributed by atoms with van der Waals surface area (Å²) in [5.74, 6) is 0.269. The fourth-order valence-corrected chi connectivity index (χ4v) is 3.27. The standard InChI is InChI=1S/C25H24N6O2/c1-16(30-31-25(26)27)18-7-9-20(10-8-18)28-24(32)23-14-19-13-21(11-12-22(19)29-23)33-15-17-5-3-2-4-6-17/h2-14,29H,15H2,1H3,(H,28,32)(H4,26,27,31)/b30-16-. The molecule has 0 unspecified atom stereocenters. The van der Waals surface area contributed by atoms with E-state index in [1.54, 1.807) is 25.1 Å². The maximum atomic E-state index is 12.7. The molecule has 8 nitrogen and oxygen atoms in total. The van der Waals surface area contributed by atoms with Gasteiger partial charge >= 0.3 is 0 Å². The van der Waals surface area contributed by atoms with Crippen LogP contribution < -0.4 is 21.2 Å². The van der Waals surface area contributed by atoms with Gasteiger partial charge in [0.15, 0.2) is 0 Å². The van der Waals surface area contributed by atoms with Crippen molar-refractivity contribution < 1.29 is 9.53 Å². The number of aromatic amines is 1. The SMILES string of the molecule is C/C(=N/NC(=N)N)c1ccc(NC(=O)c2cc3cc(OCc4ccccc4)ccc3[nH]2)cc1. The molecule has 4 aromatic rings. The van der Waals surface area contributed by atoms with Gasteiger partial charge in [-0.15, -0.1) is 0 Å². The van der Waals surface area contributed by atoms with Crippen molar-refractivity contribution in [3.63, 3.8) is 0 Å². The second-order valence-corrected chi connectivity index (χ2v) is 7.46. The molecule has 0 radical (unpaired) electrons. The number of hydrazone groups is 1. The van der Waals surface area contributed by atoms with Gasteiger partial charge in [0.25, 0.3) is 5.91 Å². The van der Waals surface area contributed by atoms with Crippen molar-refractivity contribution in [1.29, 1.82) is 5.41 Å². The highest BCUT2D eigenvalue weighted by Gasteiger charge is 2.11. The number of nitrogens with zero attached hydrogens (tertiary/aromatic N) is 1. The number of carbonyl (C=O) groups is 1. The summed E-state index contributed by atoms with van der Waals surface area (Å²) in [6, 6.07) is 24.7. The Hall–Kier alpha value is -4.59. The molecule has 0 aliphatic rings. The molecule has 166 valence electrons. The van der Waals surface area contributed by atoms with Crippen molar-refractivity contribution in [3.8, 4) is 5.75 Å². The Kier molecular flexibility index (Phi) is 6.36. The molecule has 0 aliphatic heterocycles. The van der Waals surface area contributed by atoms with E-state index in [1.807, 2.05) is 60.7 Å². The molecule has 1 heterocycles. The predicted octanol–water partition coefficient (Wildman–Crippen LogP) is 4.21. The number of carbonyl (C=O) groups excluding carboxylic acids is 1. The van der Waals surface area contributed by atoms with Crippen LogP contribution in [0.4, 0.5) is 5.69 Å². The molecule has 0 bridgehead atoms. The number of anilines is 1. The number of ether oxygens (including phenoxy) is 1. The molecule has 4 rings (SSSR count). The Morgan fingerprint density at radius 3 is 2.55 bits per heavy atom. The minimum absolute atomic E-state index is 0.230. The van der Waals surface area contributed by atoms with Gasteiger partial charge < -0.3 is 20.8 Å². The number of guanidine groups is 1. The van der Waals surface area contributed by atoms with E-state index in [0.717, 1.165) is 27.8 Å². The molecule has 0 atom stereocenters. The molecule has 0 saturated heterocycles. The highest BCUT2D eigenvalue weighted by Crippen LogP contribution is 2.23. The van der Waals surface area contributed by atoms with Crippen LogP contribution in [0.15, 0.2) is 84.0 Å². The third kappa shape index (κ3) is 5.56. The number of rotatable bonds is 7. The quantitative estimate of drug-likeness (QED) is 0.167. The van der Waals surface area contributed by atoms with Crippen molar-refractivity contribution >= 4 is 34.2 Å². The average Bonchev–Trinajstić information content (AvgIpc) is 3.26. The van der Waals surface area contributed by atoms with Crippen molar-refractivity contribution in [1.82, 2.24) is 10.4 Å². The maximum Gasteiger partial charge on any atom is 0.272 e. The lowest BCUT2D eigenvalue weighted by Gasteiger charge is -2.06. The lowest BCUT2D eigenvalue weighted by molar-refractivity contribution is 0.102. The van der Waals surface area contributed by atoms with Gasteiger partial charge in [-0.25, -0.2) is 5.43 Å². The van der Waals surface area contributed by atoms with Gasteiger partial charge in [-0.3, -0.25) is 10.2 Å². The molecule has 1 amide bonds. The Bertz CT molecular complexity index is 1310. The first kappa shape index (κ1) is 21.6. The highest BCUT2D eigenvalue weighted by molar-refractivity contribution is 6.06. The van der Waals surface area contributed by atoms with E-state index in [4.69, 9.17) is 15.9 Å². The first-order valence-electron chi connectivity index (χ1n) is 10.3. The van der Waals surface area contributed by atoms with Crippen LogP contribution in [0.25, 0.3) is 10.9 Å². The number of hydrogen-bond acceptors (Lipinski definition) is 4. The highest BCUT2D eigenvalue weighted by atomic mass is 16.5. The topological polar surface area (TPSA) is 128 Å². The largest absolute Gasteiger partial charge is 0.489 e. The Morgan fingerprint density at radius 1 is 1.06 bits per heavy atom. The molecule has 6 N–H and O–H groups in total. The number of nitrogens with one attached hydrogen (secondary N) is 4. The van der Waals surface area contributed by atoms with Crippen LogP contribution in [-0.2, 0) is 6.61 Å². The van der Waals surface area contributed by atoms with Crippen LogP contribution in [-0.4, -0.2) is 22.6 Å². The summed E-state index contributed by atoms with van der Waals surface area (Å²) in [5.41, 5.74) is 12.2. The molecule has 33 heavy (non-hydrogen) atoms. The number of H-pyrrole nitrogens is 1. The molecule has 0 saturated carbocycles. The van der Waals surface area contributed by atoms with Crippen LogP contribution in [0.1, 0.15) is 28.5 Å². The zero-order valence-corrected chi connectivity index (χ0v) is 18.1. The van der Waals surface area contributed by atoms with E-state index in [2.05, 4.69) is 20.8 Å². The third-order valence-corrected chi connectivity index (χ3v) is 4.99. The summed E-state index contributed by atoms with van der Waals surface area (Å²) in [6.45, 7) is 2.28. The fourth-order valence-electron chi connectivity index (χ4n) is 3.27. The lowest BCUT2D eigenvalue weighted by Crippen LogP contribution is -2.26. The van der Waals surface area contributed by atoms with Crippen LogP contribution in [0.5, 0.6) is 5.75 Å². The van der Waals surface area contributed by atoms with Crippen LogP contribution in [0, 0.1) is 5.41 Å². The molecule has 0 fully saturated rings. The molecule has 0 aliphatic carbocycles. The summed E-state index contributed by atoms with van der Waals surface area (Å²) in [4.78, 5) is 15.9. The first-order chi connectivity index (χ1) is 16.0. The summed E-state index contributed by atoms with van der Waals surface area (Å²) in [7, 11) is 0. The van der Waals surface area contributed by atoms with E-state index < -0.39 is 0 Å². The summed E-state index contributed by atoms with van der Waals surface area (Å²) in [6.07, 6.45) is 0. The van der Waals surface area contributed by atoms with Gasteiger partial charge in [-0.05, 0) is 54.4 Å². The van der Waals surface area contributed by atoms with Crippen molar-refractivity contribution in [2.24, 2.45) is 10.8 Å². The smallest absolute Gasteiger partial charge is 0.272 e. The van der Waals surface area contributed by atoms with Crippen LogP contribution in [0.3, 0.4) is 0 Å². The zero-order valence-electron chi connectivity index (χ0n) is 18.1. The number of amides is 1. The van der Waals surface area contributed by atoms with E-state index in [9.17, 15) is 4.79 Å². The summed E-state index contributed by atoms with van der Waals surface area (Å²) in [5, 5.41) is 14.9. The lowest BCUT2D eigenvalue weighted by atomic mass is 10.1. The van der Waals surface area contributed by atoms with Crippen molar-refractivity contribution in [2.75, 3.05) is 5.32 Å². The Labute approximate surface area is 191 Å². The number of aromatic nitrogens is 1. The Balaban J connectivity index is 1.41. The number of fused-ring (bicyclic) bond motifs is 1. The van der Waals surface area contributed by atoms with E-state index in [-0.39, 0.29) is 11.9 Å². The van der Waals surface area contributed by atoms with Crippen molar-refractivity contribution in [3.05, 3.63) is 95.7 Å². The van der Waals surface area contributed by atoms with Crippen LogP contribution in [0.2, 0.25) is 0 Å². The van der Waals surface area contributed by atoms with Gasteiger partial charge in [0.2, 0.25) is 5.96 Å². The molecule has 8 heteroatoms. The van der Waals surface area contributed by atoms with E-state index in [1.165, 1.54) is 0 Å². The molecule has 1 aromatic heterocycles. The van der Waals surface area contributed by atoms with E-state index >= 15 is 0 Å². The molecule has 0 spiro atoms. The first-order valence-corrected chi connectivity index (χ1v) is 10.3. The number of benzene rings is 3. The van der Waals surface area contributed by atoms with Gasteiger partial charge in [0.1, 0.15) is 18.1 Å². The van der Waals surface area contributed by atoms with E-state index in [0.29, 0.717) is 23.7 Å². The van der Waals surface area contributed by atoms with Gasteiger partial charge in [0.05, 0.1) is 5.71 Å². The predicted molar refractivity (Wildman–Crippen MR) is 131 cm³/mol. The molecular weight excluding hydrogens is 416 g/mol. The summed E-state index contributed by atoms with van der Waals surface area (Å²) < 4.78 is 5.88.